The van der Waals surface area contributed by atoms with E-state index in [0.29, 0.717) is 5.02 Å². The van der Waals surface area contributed by atoms with Crippen molar-refractivity contribution in [1.29, 1.82) is 0 Å². The molecule has 1 rings (SSSR count). The molecule has 0 radical (unpaired) electrons. The zero-order chi connectivity index (χ0) is 11.3. The summed E-state index contributed by atoms with van der Waals surface area (Å²) in [7, 11) is 0. The Morgan fingerprint density at radius 1 is 1.25 bits per heavy atom. The van der Waals surface area contributed by atoms with E-state index in [1.807, 2.05) is 12.1 Å². The Bertz CT molecular complexity index is 313. The highest BCUT2D eigenvalue weighted by molar-refractivity contribution is 6.35. The standard InChI is InChI=1S/C12H17Cl2N.ClH/c1-9(2)5-6-15-8-10-3-4-11(13)7-12(10)14;/h3-4,7,9,15H,5-6,8H2,1-2H3;1H. The van der Waals surface area contributed by atoms with Crippen LogP contribution in [0.1, 0.15) is 25.8 Å². The van der Waals surface area contributed by atoms with Crippen LogP contribution in [-0.2, 0) is 6.54 Å². The second-order valence-corrected chi connectivity index (χ2v) is 4.94. The van der Waals surface area contributed by atoms with Crippen molar-refractivity contribution in [2.45, 2.75) is 26.8 Å². The molecule has 0 spiro atoms. The quantitative estimate of drug-likeness (QED) is 0.781. The van der Waals surface area contributed by atoms with Crippen molar-refractivity contribution in [2.75, 3.05) is 6.54 Å². The largest absolute Gasteiger partial charge is 0.313 e. The highest BCUT2D eigenvalue weighted by Gasteiger charge is 2.00. The summed E-state index contributed by atoms with van der Waals surface area (Å²) in [5, 5.41) is 4.79. The van der Waals surface area contributed by atoms with Gasteiger partial charge in [-0.15, -0.1) is 12.4 Å². The average molecular weight is 283 g/mol. The van der Waals surface area contributed by atoms with Crippen LogP contribution < -0.4 is 5.32 Å². The maximum atomic E-state index is 6.05. The fourth-order valence-corrected chi connectivity index (χ4v) is 1.75. The van der Waals surface area contributed by atoms with Gasteiger partial charge >= 0.3 is 0 Å². The van der Waals surface area contributed by atoms with Crippen LogP contribution in [-0.4, -0.2) is 6.54 Å². The van der Waals surface area contributed by atoms with E-state index in [1.54, 1.807) is 6.07 Å². The zero-order valence-electron chi connectivity index (χ0n) is 9.59. The SMILES string of the molecule is CC(C)CCNCc1ccc(Cl)cc1Cl.Cl. The Labute approximate surface area is 114 Å². The average Bonchev–Trinajstić information content (AvgIpc) is 2.14. The van der Waals surface area contributed by atoms with Crippen LogP contribution in [0.2, 0.25) is 10.0 Å². The fourth-order valence-electron chi connectivity index (χ4n) is 1.28. The second-order valence-electron chi connectivity index (χ2n) is 4.10. The first kappa shape index (κ1) is 16.1. The van der Waals surface area contributed by atoms with E-state index in [1.165, 1.54) is 6.42 Å². The van der Waals surface area contributed by atoms with Crippen LogP contribution in [0.25, 0.3) is 0 Å². The van der Waals surface area contributed by atoms with Crippen molar-refractivity contribution in [3.8, 4) is 0 Å². The molecule has 1 aromatic carbocycles. The van der Waals surface area contributed by atoms with E-state index in [0.717, 1.165) is 29.6 Å². The Hall–Kier alpha value is 0.0500. The molecular formula is C12H18Cl3N. The molecule has 0 amide bonds. The normalized spacial score (nSPS) is 10.3. The lowest BCUT2D eigenvalue weighted by molar-refractivity contribution is 0.537. The van der Waals surface area contributed by atoms with Crippen LogP contribution in [0.4, 0.5) is 0 Å². The molecule has 0 unspecified atom stereocenters. The molecular weight excluding hydrogens is 264 g/mol. The van der Waals surface area contributed by atoms with Gasteiger partial charge in [0.25, 0.3) is 0 Å². The highest BCUT2D eigenvalue weighted by atomic mass is 35.5. The molecule has 0 aromatic heterocycles. The molecule has 1 nitrogen and oxygen atoms in total. The van der Waals surface area contributed by atoms with Gasteiger partial charge in [0.2, 0.25) is 0 Å². The molecule has 4 heteroatoms. The van der Waals surface area contributed by atoms with Gasteiger partial charge in [-0.05, 0) is 36.6 Å². The number of rotatable bonds is 5. The van der Waals surface area contributed by atoms with E-state index in [-0.39, 0.29) is 12.4 Å². The van der Waals surface area contributed by atoms with Crippen molar-refractivity contribution in [1.82, 2.24) is 5.32 Å². The number of benzene rings is 1. The number of halogens is 3. The van der Waals surface area contributed by atoms with Crippen molar-refractivity contribution in [3.63, 3.8) is 0 Å². The summed E-state index contributed by atoms with van der Waals surface area (Å²) < 4.78 is 0. The molecule has 1 aromatic rings. The molecule has 16 heavy (non-hydrogen) atoms. The summed E-state index contributed by atoms with van der Waals surface area (Å²) >= 11 is 11.9. The smallest absolute Gasteiger partial charge is 0.0465 e. The van der Waals surface area contributed by atoms with E-state index < -0.39 is 0 Å². The molecule has 1 N–H and O–H groups in total. The van der Waals surface area contributed by atoms with Crippen LogP contribution in [0.15, 0.2) is 18.2 Å². The van der Waals surface area contributed by atoms with Gasteiger partial charge in [-0.25, -0.2) is 0 Å². The number of nitrogens with one attached hydrogen (secondary N) is 1. The van der Waals surface area contributed by atoms with E-state index in [4.69, 9.17) is 23.2 Å². The van der Waals surface area contributed by atoms with E-state index >= 15 is 0 Å². The summed E-state index contributed by atoms with van der Waals surface area (Å²) in [4.78, 5) is 0. The predicted octanol–water partition coefficient (Wildman–Crippen LogP) is 4.55. The number of hydrogen-bond acceptors (Lipinski definition) is 1. The Morgan fingerprint density at radius 3 is 2.50 bits per heavy atom. The molecule has 0 atom stereocenters. The molecule has 0 saturated heterocycles. The minimum atomic E-state index is 0. The summed E-state index contributed by atoms with van der Waals surface area (Å²) in [5.74, 6) is 0.734. The second kappa shape index (κ2) is 8.19. The molecule has 0 aliphatic rings. The first-order chi connectivity index (χ1) is 7.09. The third-order valence-corrected chi connectivity index (χ3v) is 2.82. The molecule has 0 aliphatic carbocycles. The molecule has 0 bridgehead atoms. The lowest BCUT2D eigenvalue weighted by atomic mass is 10.1. The lowest BCUT2D eigenvalue weighted by Crippen LogP contribution is -2.16. The highest BCUT2D eigenvalue weighted by Crippen LogP contribution is 2.20. The first-order valence-electron chi connectivity index (χ1n) is 5.24. The van der Waals surface area contributed by atoms with Crippen molar-refractivity contribution >= 4 is 35.6 Å². The molecule has 0 aliphatic heterocycles. The van der Waals surface area contributed by atoms with Crippen LogP contribution in [0.3, 0.4) is 0 Å². The summed E-state index contributed by atoms with van der Waals surface area (Å²) in [5.41, 5.74) is 1.10. The van der Waals surface area contributed by atoms with Crippen LogP contribution in [0, 0.1) is 5.92 Å². The monoisotopic (exact) mass is 281 g/mol. The van der Waals surface area contributed by atoms with Crippen LogP contribution >= 0.6 is 35.6 Å². The van der Waals surface area contributed by atoms with Crippen molar-refractivity contribution in [2.24, 2.45) is 5.92 Å². The summed E-state index contributed by atoms with van der Waals surface area (Å²) in [6, 6.07) is 5.61. The minimum absolute atomic E-state index is 0. The first-order valence-corrected chi connectivity index (χ1v) is 6.00. The molecule has 0 saturated carbocycles. The Morgan fingerprint density at radius 2 is 1.94 bits per heavy atom. The predicted molar refractivity (Wildman–Crippen MR) is 74.9 cm³/mol. The summed E-state index contributed by atoms with van der Waals surface area (Å²) in [6.07, 6.45) is 1.19. The van der Waals surface area contributed by atoms with Gasteiger partial charge in [0.1, 0.15) is 0 Å². The van der Waals surface area contributed by atoms with Gasteiger partial charge in [0, 0.05) is 16.6 Å². The third-order valence-electron chi connectivity index (χ3n) is 2.23. The van der Waals surface area contributed by atoms with Gasteiger partial charge < -0.3 is 5.32 Å². The maximum Gasteiger partial charge on any atom is 0.0465 e. The van der Waals surface area contributed by atoms with Crippen molar-refractivity contribution in [3.05, 3.63) is 33.8 Å². The summed E-state index contributed by atoms with van der Waals surface area (Å²) in [6.45, 7) is 6.27. The van der Waals surface area contributed by atoms with Crippen molar-refractivity contribution < 1.29 is 0 Å². The fraction of sp³-hybridized carbons (Fsp3) is 0.500. The van der Waals surface area contributed by atoms with Gasteiger partial charge in [-0.2, -0.15) is 0 Å². The lowest BCUT2D eigenvalue weighted by Gasteiger charge is -2.08. The van der Waals surface area contributed by atoms with Crippen LogP contribution in [0.5, 0.6) is 0 Å². The Kier molecular flexibility index (Phi) is 8.21. The number of hydrogen-bond donors (Lipinski definition) is 1. The molecule has 92 valence electrons. The maximum absolute atomic E-state index is 6.05. The van der Waals surface area contributed by atoms with Gasteiger partial charge in [0.15, 0.2) is 0 Å². The zero-order valence-corrected chi connectivity index (χ0v) is 11.9. The van der Waals surface area contributed by atoms with Gasteiger partial charge in [-0.1, -0.05) is 43.1 Å². The Balaban J connectivity index is 0.00000225. The molecule has 0 heterocycles. The molecule has 0 fully saturated rings. The topological polar surface area (TPSA) is 12.0 Å². The van der Waals surface area contributed by atoms with Gasteiger partial charge in [-0.3, -0.25) is 0 Å². The minimum Gasteiger partial charge on any atom is -0.313 e. The third kappa shape index (κ3) is 5.95. The van der Waals surface area contributed by atoms with E-state index in [9.17, 15) is 0 Å². The van der Waals surface area contributed by atoms with E-state index in [2.05, 4.69) is 19.2 Å². The van der Waals surface area contributed by atoms with Gasteiger partial charge in [0.05, 0.1) is 0 Å².